The van der Waals surface area contributed by atoms with Gasteiger partial charge in [0.1, 0.15) is 5.52 Å². The summed E-state index contributed by atoms with van der Waals surface area (Å²) in [7, 11) is 0. The third-order valence-electron chi connectivity index (χ3n) is 4.09. The lowest BCUT2D eigenvalue weighted by Gasteiger charge is -2.21. The lowest BCUT2D eigenvalue weighted by molar-refractivity contribution is -0.148. The minimum Gasteiger partial charge on any atom is -0.481 e. The number of nitrogens with zero attached hydrogens (tertiary/aromatic N) is 1. The van der Waals surface area contributed by atoms with Crippen LogP contribution in [0.2, 0.25) is 0 Å². The Balaban J connectivity index is 1.94. The van der Waals surface area contributed by atoms with E-state index in [0.29, 0.717) is 12.3 Å². The maximum atomic E-state index is 11.5. The second-order valence-corrected chi connectivity index (χ2v) is 5.55. The Morgan fingerprint density at radius 1 is 1.42 bits per heavy atom. The normalized spacial score (nSPS) is 17.9. The second-order valence-electron chi connectivity index (χ2n) is 5.55. The molecule has 0 saturated heterocycles. The summed E-state index contributed by atoms with van der Waals surface area (Å²) < 4.78 is 5.69. The summed E-state index contributed by atoms with van der Waals surface area (Å²) >= 11 is 0. The number of aryl methyl sites for hydroxylation is 1. The van der Waals surface area contributed by atoms with Crippen molar-refractivity contribution in [3.63, 3.8) is 0 Å². The predicted octanol–water partition coefficient (Wildman–Crippen LogP) is 3.32. The zero-order valence-corrected chi connectivity index (χ0v) is 11.0. The van der Waals surface area contributed by atoms with Gasteiger partial charge in [-0.25, -0.2) is 4.98 Å². The first kappa shape index (κ1) is 12.2. The van der Waals surface area contributed by atoms with Gasteiger partial charge in [-0.1, -0.05) is 18.9 Å². The van der Waals surface area contributed by atoms with Crippen LogP contribution in [0.25, 0.3) is 11.1 Å². The molecule has 1 aliphatic rings. The fourth-order valence-electron chi connectivity index (χ4n) is 2.97. The van der Waals surface area contributed by atoms with E-state index in [1.165, 1.54) is 0 Å². The van der Waals surface area contributed by atoms with Crippen molar-refractivity contribution in [2.24, 2.45) is 5.41 Å². The summed E-state index contributed by atoms with van der Waals surface area (Å²) in [5, 5.41) is 9.47. The van der Waals surface area contributed by atoms with Crippen LogP contribution >= 0.6 is 0 Å². The molecule has 2 aromatic rings. The Labute approximate surface area is 111 Å². The van der Waals surface area contributed by atoms with Crippen LogP contribution in [0, 0.1) is 12.3 Å². The van der Waals surface area contributed by atoms with Crippen molar-refractivity contribution in [1.82, 2.24) is 4.98 Å². The van der Waals surface area contributed by atoms with Crippen molar-refractivity contribution >= 4 is 17.1 Å². The van der Waals surface area contributed by atoms with Gasteiger partial charge in [-0.2, -0.15) is 0 Å². The largest absolute Gasteiger partial charge is 0.481 e. The number of carboxylic acids is 1. The van der Waals surface area contributed by atoms with Crippen LogP contribution in [0.5, 0.6) is 0 Å². The molecule has 1 N–H and O–H groups in total. The molecule has 1 aliphatic carbocycles. The zero-order valence-electron chi connectivity index (χ0n) is 11.0. The first-order chi connectivity index (χ1) is 9.09. The van der Waals surface area contributed by atoms with Gasteiger partial charge in [0.05, 0.1) is 5.41 Å². The highest BCUT2D eigenvalue weighted by atomic mass is 16.4. The van der Waals surface area contributed by atoms with Crippen LogP contribution in [0.1, 0.15) is 37.1 Å². The molecule has 19 heavy (non-hydrogen) atoms. The minimum atomic E-state index is -0.719. The smallest absolute Gasteiger partial charge is 0.310 e. The van der Waals surface area contributed by atoms with Gasteiger partial charge in [0.25, 0.3) is 0 Å². The summed E-state index contributed by atoms with van der Waals surface area (Å²) in [6.45, 7) is 2.00. The number of hydrogen-bond acceptors (Lipinski definition) is 3. The molecule has 0 bridgehead atoms. The van der Waals surface area contributed by atoms with Crippen molar-refractivity contribution in [2.75, 3.05) is 0 Å². The number of hydrogen-bond donors (Lipinski definition) is 1. The predicted molar refractivity (Wildman–Crippen MR) is 71.0 cm³/mol. The molecular weight excluding hydrogens is 242 g/mol. The Hall–Kier alpha value is -1.84. The summed E-state index contributed by atoms with van der Waals surface area (Å²) in [6, 6.07) is 5.83. The SMILES string of the molecule is Cc1ccc2oc(CC3(C(=O)O)CCCC3)nc2c1. The summed E-state index contributed by atoms with van der Waals surface area (Å²) in [5.41, 5.74) is 2.00. The number of carbonyl (C=O) groups is 1. The van der Waals surface area contributed by atoms with Gasteiger partial charge in [0, 0.05) is 6.42 Å². The highest BCUT2D eigenvalue weighted by molar-refractivity contribution is 5.76. The van der Waals surface area contributed by atoms with Gasteiger partial charge in [-0.15, -0.1) is 0 Å². The fraction of sp³-hybridized carbons (Fsp3) is 0.467. The third kappa shape index (κ3) is 2.11. The first-order valence-corrected chi connectivity index (χ1v) is 6.69. The third-order valence-corrected chi connectivity index (χ3v) is 4.09. The molecule has 0 unspecified atom stereocenters. The molecule has 0 radical (unpaired) electrons. The van der Waals surface area contributed by atoms with E-state index in [4.69, 9.17) is 4.42 Å². The van der Waals surface area contributed by atoms with Crippen LogP contribution in [-0.2, 0) is 11.2 Å². The van der Waals surface area contributed by atoms with E-state index >= 15 is 0 Å². The van der Waals surface area contributed by atoms with E-state index in [9.17, 15) is 9.90 Å². The van der Waals surface area contributed by atoms with E-state index in [1.807, 2.05) is 25.1 Å². The number of benzene rings is 1. The molecule has 3 rings (SSSR count). The Morgan fingerprint density at radius 3 is 2.84 bits per heavy atom. The lowest BCUT2D eigenvalue weighted by atomic mass is 9.83. The van der Waals surface area contributed by atoms with E-state index in [1.54, 1.807) is 0 Å². The number of fused-ring (bicyclic) bond motifs is 1. The number of rotatable bonds is 3. The quantitative estimate of drug-likeness (QED) is 0.918. The van der Waals surface area contributed by atoms with E-state index in [2.05, 4.69) is 4.98 Å². The number of carboxylic acid groups (broad SMARTS) is 1. The fourth-order valence-corrected chi connectivity index (χ4v) is 2.97. The van der Waals surface area contributed by atoms with Gasteiger partial charge in [0.2, 0.25) is 0 Å². The number of oxazole rings is 1. The molecule has 1 saturated carbocycles. The van der Waals surface area contributed by atoms with Gasteiger partial charge in [-0.05, 0) is 37.5 Å². The molecule has 1 heterocycles. The van der Waals surface area contributed by atoms with Crippen molar-refractivity contribution in [1.29, 1.82) is 0 Å². The van der Waals surface area contributed by atoms with Crippen LogP contribution in [0.3, 0.4) is 0 Å². The molecule has 4 nitrogen and oxygen atoms in total. The van der Waals surface area contributed by atoms with Crippen LogP contribution in [-0.4, -0.2) is 16.1 Å². The van der Waals surface area contributed by atoms with Crippen molar-refractivity contribution in [3.8, 4) is 0 Å². The van der Waals surface area contributed by atoms with E-state index in [-0.39, 0.29) is 0 Å². The van der Waals surface area contributed by atoms with Crippen molar-refractivity contribution in [3.05, 3.63) is 29.7 Å². The Morgan fingerprint density at radius 2 is 2.16 bits per heavy atom. The molecule has 0 spiro atoms. The van der Waals surface area contributed by atoms with E-state index < -0.39 is 11.4 Å². The summed E-state index contributed by atoms with van der Waals surface area (Å²) in [4.78, 5) is 16.0. The van der Waals surface area contributed by atoms with Gasteiger partial charge in [-0.3, -0.25) is 4.79 Å². The van der Waals surface area contributed by atoms with E-state index in [0.717, 1.165) is 42.3 Å². The molecule has 1 aromatic carbocycles. The average Bonchev–Trinajstić information content (AvgIpc) is 2.96. The number of aliphatic carboxylic acids is 1. The molecule has 0 atom stereocenters. The standard InChI is InChI=1S/C15H17NO3/c1-10-4-5-12-11(8-10)16-13(19-12)9-15(14(17)18)6-2-3-7-15/h4-5,8H,2-3,6-7,9H2,1H3,(H,17,18). The summed E-state index contributed by atoms with van der Waals surface area (Å²) in [5.74, 6) is -0.173. The molecular formula is C15H17NO3. The highest BCUT2D eigenvalue weighted by Gasteiger charge is 2.42. The van der Waals surface area contributed by atoms with Crippen LogP contribution in [0.15, 0.2) is 22.6 Å². The maximum absolute atomic E-state index is 11.5. The molecule has 100 valence electrons. The van der Waals surface area contributed by atoms with Gasteiger partial charge in [0.15, 0.2) is 11.5 Å². The lowest BCUT2D eigenvalue weighted by Crippen LogP contribution is -2.30. The summed E-state index contributed by atoms with van der Waals surface area (Å²) in [6.07, 6.45) is 3.80. The molecule has 1 aromatic heterocycles. The zero-order chi connectivity index (χ0) is 13.5. The second kappa shape index (κ2) is 4.37. The molecule has 0 aliphatic heterocycles. The van der Waals surface area contributed by atoms with Gasteiger partial charge < -0.3 is 9.52 Å². The van der Waals surface area contributed by atoms with Crippen LogP contribution in [0.4, 0.5) is 0 Å². The maximum Gasteiger partial charge on any atom is 0.310 e. The average molecular weight is 259 g/mol. The molecule has 1 fully saturated rings. The van der Waals surface area contributed by atoms with Crippen molar-refractivity contribution in [2.45, 2.75) is 39.0 Å². The monoisotopic (exact) mass is 259 g/mol. The molecule has 0 amide bonds. The van der Waals surface area contributed by atoms with Gasteiger partial charge >= 0.3 is 5.97 Å². The first-order valence-electron chi connectivity index (χ1n) is 6.69. The van der Waals surface area contributed by atoms with Crippen LogP contribution < -0.4 is 0 Å². The van der Waals surface area contributed by atoms with Crippen molar-refractivity contribution < 1.29 is 14.3 Å². The molecule has 4 heteroatoms. The Kier molecular flexibility index (Phi) is 2.81. The topological polar surface area (TPSA) is 63.3 Å². The number of aromatic nitrogens is 1. The minimum absolute atomic E-state index is 0.399. The Bertz CT molecular complexity index is 623. The highest BCUT2D eigenvalue weighted by Crippen LogP contribution is 2.41.